The highest BCUT2D eigenvalue weighted by Gasteiger charge is 2.12. The molecule has 2 aromatic carbocycles. The molecule has 23 heavy (non-hydrogen) atoms. The second kappa shape index (κ2) is 7.36. The number of rotatable bonds is 6. The van der Waals surface area contributed by atoms with Gasteiger partial charge in [-0.2, -0.15) is 0 Å². The highest BCUT2D eigenvalue weighted by Crippen LogP contribution is 2.15. The summed E-state index contributed by atoms with van der Waals surface area (Å²) in [6, 6.07) is 13.0. The molecule has 0 aliphatic carbocycles. The zero-order valence-electron chi connectivity index (χ0n) is 12.9. The first-order chi connectivity index (χ1) is 11.0. The molecule has 0 heterocycles. The number of carbonyl (C=O) groups excluding carboxylic acids is 1. The number of anilines is 1. The predicted molar refractivity (Wildman–Crippen MR) is 87.8 cm³/mol. The summed E-state index contributed by atoms with van der Waals surface area (Å²) in [6.07, 6.45) is 0. The summed E-state index contributed by atoms with van der Waals surface area (Å²) < 4.78 is 30.6. The van der Waals surface area contributed by atoms with Gasteiger partial charge in [-0.05, 0) is 49.0 Å². The first kappa shape index (κ1) is 17.1. The number of benzene rings is 2. The largest absolute Gasteiger partial charge is 0.380 e. The van der Waals surface area contributed by atoms with E-state index in [1.807, 2.05) is 18.2 Å². The highest BCUT2D eigenvalue weighted by molar-refractivity contribution is 7.89. The van der Waals surface area contributed by atoms with Gasteiger partial charge in [0, 0.05) is 18.4 Å². The maximum absolute atomic E-state index is 12.2. The van der Waals surface area contributed by atoms with Crippen molar-refractivity contribution < 1.29 is 17.9 Å². The van der Waals surface area contributed by atoms with E-state index in [9.17, 15) is 13.2 Å². The van der Waals surface area contributed by atoms with Gasteiger partial charge in [-0.25, -0.2) is 13.1 Å². The van der Waals surface area contributed by atoms with Crippen molar-refractivity contribution in [3.05, 3.63) is 59.7 Å². The van der Waals surface area contributed by atoms with E-state index >= 15 is 0 Å². The Kier molecular flexibility index (Phi) is 5.49. The molecule has 0 atom stereocenters. The molecule has 1 amide bonds. The summed E-state index contributed by atoms with van der Waals surface area (Å²) in [6.45, 7) is 0.459. The Bertz CT molecular complexity index is 786. The van der Waals surface area contributed by atoms with Crippen LogP contribution in [0.4, 0.5) is 5.69 Å². The summed E-state index contributed by atoms with van der Waals surface area (Å²) in [5.41, 5.74) is 1.97. The standard InChI is InChI=1S/C16H18N2O4S/c1-17-23(20,21)15-8-6-13(7-9-15)16(19)18-14-5-3-4-12(10-14)11-22-2/h3-10,17H,11H2,1-2H3,(H,18,19). The number of methoxy groups -OCH3 is 1. The Balaban J connectivity index is 2.13. The van der Waals surface area contributed by atoms with Crippen molar-refractivity contribution in [2.24, 2.45) is 0 Å². The van der Waals surface area contributed by atoms with E-state index in [4.69, 9.17) is 4.74 Å². The Morgan fingerprint density at radius 1 is 1.13 bits per heavy atom. The minimum absolute atomic E-state index is 0.110. The lowest BCUT2D eigenvalue weighted by molar-refractivity contribution is 0.102. The molecule has 7 heteroatoms. The molecule has 0 aliphatic rings. The van der Waals surface area contributed by atoms with Crippen LogP contribution in [0.5, 0.6) is 0 Å². The van der Waals surface area contributed by atoms with Gasteiger partial charge >= 0.3 is 0 Å². The molecule has 0 saturated carbocycles. The third kappa shape index (κ3) is 4.38. The number of hydrogen-bond donors (Lipinski definition) is 2. The van der Waals surface area contributed by atoms with Crippen LogP contribution in [0.15, 0.2) is 53.4 Å². The van der Waals surface area contributed by atoms with E-state index < -0.39 is 10.0 Å². The Hall–Kier alpha value is -2.22. The van der Waals surface area contributed by atoms with Crippen molar-refractivity contribution in [1.82, 2.24) is 4.72 Å². The monoisotopic (exact) mass is 334 g/mol. The summed E-state index contributed by atoms with van der Waals surface area (Å²) in [7, 11) is -0.568. The zero-order valence-corrected chi connectivity index (χ0v) is 13.7. The van der Waals surface area contributed by atoms with Crippen molar-refractivity contribution in [3.8, 4) is 0 Å². The SMILES string of the molecule is CNS(=O)(=O)c1ccc(C(=O)Nc2cccc(COC)c2)cc1. The van der Waals surface area contributed by atoms with Gasteiger partial charge in [0.15, 0.2) is 0 Å². The Labute approximate surface area is 135 Å². The molecule has 2 aromatic rings. The van der Waals surface area contributed by atoms with Gasteiger partial charge in [-0.15, -0.1) is 0 Å². The summed E-state index contributed by atoms with van der Waals surface area (Å²) in [5.74, 6) is -0.312. The zero-order chi connectivity index (χ0) is 16.9. The molecule has 0 spiro atoms. The third-order valence-electron chi connectivity index (χ3n) is 3.19. The number of amides is 1. The van der Waals surface area contributed by atoms with Crippen molar-refractivity contribution in [2.75, 3.05) is 19.5 Å². The van der Waals surface area contributed by atoms with Gasteiger partial charge < -0.3 is 10.1 Å². The molecule has 6 nitrogen and oxygen atoms in total. The molecule has 0 radical (unpaired) electrons. The molecule has 0 bridgehead atoms. The van der Waals surface area contributed by atoms with E-state index in [0.29, 0.717) is 17.9 Å². The fraction of sp³-hybridized carbons (Fsp3) is 0.188. The van der Waals surface area contributed by atoms with Gasteiger partial charge in [0.25, 0.3) is 5.91 Å². The maximum atomic E-state index is 12.2. The highest BCUT2D eigenvalue weighted by atomic mass is 32.2. The van der Waals surface area contributed by atoms with Crippen molar-refractivity contribution in [1.29, 1.82) is 0 Å². The maximum Gasteiger partial charge on any atom is 0.255 e. The van der Waals surface area contributed by atoms with Crippen molar-refractivity contribution >= 4 is 21.6 Å². The Morgan fingerprint density at radius 3 is 2.43 bits per heavy atom. The molecule has 2 rings (SSSR count). The lowest BCUT2D eigenvalue weighted by Crippen LogP contribution is -2.19. The average molecular weight is 334 g/mol. The van der Waals surface area contributed by atoms with Gasteiger partial charge in [0.05, 0.1) is 11.5 Å². The Morgan fingerprint density at radius 2 is 1.83 bits per heavy atom. The molecule has 0 unspecified atom stereocenters. The van der Waals surface area contributed by atoms with Crippen LogP contribution in [0, 0.1) is 0 Å². The van der Waals surface area contributed by atoms with E-state index in [-0.39, 0.29) is 10.8 Å². The first-order valence-corrected chi connectivity index (χ1v) is 8.37. The average Bonchev–Trinajstić information content (AvgIpc) is 2.55. The molecule has 2 N–H and O–H groups in total. The lowest BCUT2D eigenvalue weighted by Gasteiger charge is -2.08. The number of hydrogen-bond acceptors (Lipinski definition) is 4. The quantitative estimate of drug-likeness (QED) is 0.846. The summed E-state index contributed by atoms with van der Waals surface area (Å²) >= 11 is 0. The van der Waals surface area contributed by atoms with E-state index in [1.54, 1.807) is 13.2 Å². The minimum atomic E-state index is -3.51. The first-order valence-electron chi connectivity index (χ1n) is 6.89. The van der Waals surface area contributed by atoms with Crippen LogP contribution in [0.3, 0.4) is 0 Å². The predicted octanol–water partition coefficient (Wildman–Crippen LogP) is 1.99. The van der Waals surface area contributed by atoms with Crippen LogP contribution in [-0.4, -0.2) is 28.5 Å². The van der Waals surface area contributed by atoms with Crippen LogP contribution < -0.4 is 10.0 Å². The van der Waals surface area contributed by atoms with Gasteiger partial charge in [-0.1, -0.05) is 12.1 Å². The fourth-order valence-corrected chi connectivity index (χ4v) is 2.74. The van der Waals surface area contributed by atoms with E-state index in [2.05, 4.69) is 10.0 Å². The topological polar surface area (TPSA) is 84.5 Å². The number of sulfonamides is 1. The third-order valence-corrected chi connectivity index (χ3v) is 4.62. The van der Waals surface area contributed by atoms with Crippen LogP contribution in [0.1, 0.15) is 15.9 Å². The molecular formula is C16H18N2O4S. The van der Waals surface area contributed by atoms with Crippen molar-refractivity contribution in [3.63, 3.8) is 0 Å². The van der Waals surface area contributed by atoms with Crippen LogP contribution in [0.25, 0.3) is 0 Å². The van der Waals surface area contributed by atoms with Crippen LogP contribution >= 0.6 is 0 Å². The molecule has 0 fully saturated rings. The number of carbonyl (C=O) groups is 1. The van der Waals surface area contributed by atoms with Crippen LogP contribution in [0.2, 0.25) is 0 Å². The van der Waals surface area contributed by atoms with Crippen LogP contribution in [-0.2, 0) is 21.4 Å². The fourth-order valence-electron chi connectivity index (χ4n) is 2.01. The normalized spacial score (nSPS) is 11.2. The number of nitrogens with one attached hydrogen (secondary N) is 2. The van der Waals surface area contributed by atoms with E-state index in [1.165, 1.54) is 31.3 Å². The smallest absolute Gasteiger partial charge is 0.255 e. The lowest BCUT2D eigenvalue weighted by atomic mass is 10.2. The van der Waals surface area contributed by atoms with Crippen molar-refractivity contribution in [2.45, 2.75) is 11.5 Å². The minimum Gasteiger partial charge on any atom is -0.380 e. The summed E-state index contributed by atoms with van der Waals surface area (Å²) in [5, 5.41) is 2.77. The molecule has 0 saturated heterocycles. The molecule has 0 aromatic heterocycles. The molecular weight excluding hydrogens is 316 g/mol. The van der Waals surface area contributed by atoms with Gasteiger partial charge in [0.2, 0.25) is 10.0 Å². The summed E-state index contributed by atoms with van der Waals surface area (Å²) in [4.78, 5) is 12.3. The second-order valence-electron chi connectivity index (χ2n) is 4.82. The number of ether oxygens (including phenoxy) is 1. The second-order valence-corrected chi connectivity index (χ2v) is 6.71. The van der Waals surface area contributed by atoms with Gasteiger partial charge in [-0.3, -0.25) is 4.79 Å². The molecule has 0 aliphatic heterocycles. The van der Waals surface area contributed by atoms with Gasteiger partial charge in [0.1, 0.15) is 0 Å². The van der Waals surface area contributed by atoms with E-state index in [0.717, 1.165) is 5.56 Å². The molecule has 122 valence electrons.